The lowest BCUT2D eigenvalue weighted by molar-refractivity contribution is -0.0107. The normalized spacial score (nSPS) is 12.2. The van der Waals surface area contributed by atoms with Crippen LogP contribution >= 0.6 is 0 Å². The third-order valence-electron chi connectivity index (χ3n) is 3.07. The van der Waals surface area contributed by atoms with Gasteiger partial charge < -0.3 is 9.84 Å². The number of hydrogen-bond acceptors (Lipinski definition) is 5. The molecule has 0 radical (unpaired) electrons. The van der Waals surface area contributed by atoms with Gasteiger partial charge in [-0.2, -0.15) is 15.8 Å². The molecule has 0 rings (SSSR count). The van der Waals surface area contributed by atoms with Crippen LogP contribution in [0.15, 0.2) is 0 Å². The van der Waals surface area contributed by atoms with Crippen molar-refractivity contribution in [1.29, 1.82) is 15.8 Å². The highest BCUT2D eigenvalue weighted by atomic mass is 16.5. The molecule has 0 aromatic carbocycles. The number of rotatable bonds is 10. The zero-order valence-electron chi connectivity index (χ0n) is 11.4. The molecule has 0 fully saturated rings. The molecule has 5 heteroatoms. The maximum atomic E-state index is 9.20. The van der Waals surface area contributed by atoms with Crippen molar-refractivity contribution < 1.29 is 9.84 Å². The van der Waals surface area contributed by atoms with Gasteiger partial charge in [0.1, 0.15) is 0 Å². The van der Waals surface area contributed by atoms with E-state index in [1.165, 1.54) is 0 Å². The topological polar surface area (TPSA) is 101 Å². The molecule has 0 spiro atoms. The summed E-state index contributed by atoms with van der Waals surface area (Å²) in [5, 5.41) is 35.4. The van der Waals surface area contributed by atoms with Crippen LogP contribution in [-0.4, -0.2) is 24.4 Å². The first kappa shape index (κ1) is 17.4. The Morgan fingerprint density at radius 1 is 1.00 bits per heavy atom. The number of nitrogens with zero attached hydrogens (tertiary/aromatic N) is 3. The van der Waals surface area contributed by atoms with Crippen molar-refractivity contribution >= 4 is 0 Å². The highest BCUT2D eigenvalue weighted by molar-refractivity contribution is 4.89. The molecule has 0 aliphatic heterocycles. The van der Waals surface area contributed by atoms with Crippen molar-refractivity contribution in [2.24, 2.45) is 5.41 Å². The summed E-state index contributed by atoms with van der Waals surface area (Å²) in [6, 6.07) is 6.31. The Morgan fingerprint density at radius 2 is 1.42 bits per heavy atom. The van der Waals surface area contributed by atoms with Crippen molar-refractivity contribution in [1.82, 2.24) is 0 Å². The number of hydrogen-bond donors (Lipinski definition) is 1. The minimum atomic E-state index is -0.541. The molecule has 0 aromatic heterocycles. The van der Waals surface area contributed by atoms with E-state index in [4.69, 9.17) is 20.5 Å². The van der Waals surface area contributed by atoms with Gasteiger partial charge in [-0.1, -0.05) is 0 Å². The highest BCUT2D eigenvalue weighted by Gasteiger charge is 2.29. The summed E-state index contributed by atoms with van der Waals surface area (Å²) < 4.78 is 5.47. The van der Waals surface area contributed by atoms with Gasteiger partial charge in [-0.3, -0.25) is 0 Å². The van der Waals surface area contributed by atoms with Gasteiger partial charge in [-0.15, -0.1) is 0 Å². The molecule has 1 unspecified atom stereocenters. The van der Waals surface area contributed by atoms with Crippen LogP contribution in [0.1, 0.15) is 45.4 Å². The second-order valence-electron chi connectivity index (χ2n) is 4.84. The second-order valence-corrected chi connectivity index (χ2v) is 4.84. The second kappa shape index (κ2) is 10.3. The molecule has 0 saturated carbocycles. The molecule has 0 aliphatic rings. The monoisotopic (exact) mass is 263 g/mol. The number of nitriles is 3. The van der Waals surface area contributed by atoms with E-state index in [9.17, 15) is 5.11 Å². The third-order valence-corrected chi connectivity index (χ3v) is 3.07. The first-order valence-corrected chi connectivity index (χ1v) is 6.47. The Kier molecular flexibility index (Phi) is 9.45. The van der Waals surface area contributed by atoms with Gasteiger partial charge in [0.25, 0.3) is 0 Å². The van der Waals surface area contributed by atoms with E-state index in [0.717, 1.165) is 0 Å². The maximum absolute atomic E-state index is 9.20. The average Bonchev–Trinajstić information content (AvgIpc) is 2.39. The van der Waals surface area contributed by atoms with Gasteiger partial charge in [0.05, 0.1) is 37.5 Å². The minimum Gasteiger partial charge on any atom is -0.391 e. The number of aliphatic hydroxyl groups is 1. The largest absolute Gasteiger partial charge is 0.391 e. The molecule has 19 heavy (non-hydrogen) atoms. The van der Waals surface area contributed by atoms with Gasteiger partial charge in [0.15, 0.2) is 0 Å². The number of ether oxygens (including phenoxy) is 1. The van der Waals surface area contributed by atoms with E-state index in [-0.39, 0.29) is 12.0 Å². The molecule has 0 heterocycles. The van der Waals surface area contributed by atoms with E-state index < -0.39 is 6.10 Å². The molecule has 1 N–H and O–H groups in total. The van der Waals surface area contributed by atoms with Crippen LogP contribution in [-0.2, 0) is 4.74 Å². The number of aliphatic hydroxyl groups excluding tert-OH is 1. The SMILES string of the molecule is CC(O)COCC(CCC#N)(CCC#N)CCC#N. The fourth-order valence-electron chi connectivity index (χ4n) is 2.00. The zero-order chi connectivity index (χ0) is 14.6. The van der Waals surface area contributed by atoms with Crippen LogP contribution in [0, 0.1) is 39.4 Å². The van der Waals surface area contributed by atoms with Crippen LogP contribution in [0.3, 0.4) is 0 Å². The van der Waals surface area contributed by atoms with Crippen LogP contribution < -0.4 is 0 Å². The van der Waals surface area contributed by atoms with Crippen molar-refractivity contribution in [3.05, 3.63) is 0 Å². The Balaban J connectivity index is 4.64. The predicted octanol–water partition coefficient (Wildman–Crippen LogP) is 2.28. The van der Waals surface area contributed by atoms with E-state index in [2.05, 4.69) is 18.2 Å². The van der Waals surface area contributed by atoms with Crippen LogP contribution in [0.25, 0.3) is 0 Å². The van der Waals surface area contributed by atoms with Crippen LogP contribution in [0.4, 0.5) is 0 Å². The third kappa shape index (κ3) is 8.16. The predicted molar refractivity (Wildman–Crippen MR) is 69.5 cm³/mol. The molecular weight excluding hydrogens is 242 g/mol. The fraction of sp³-hybridized carbons (Fsp3) is 0.786. The smallest absolute Gasteiger partial charge is 0.0745 e. The summed E-state index contributed by atoms with van der Waals surface area (Å²) in [5.41, 5.74) is -0.309. The zero-order valence-corrected chi connectivity index (χ0v) is 11.4. The van der Waals surface area contributed by atoms with Gasteiger partial charge in [0, 0.05) is 19.3 Å². The van der Waals surface area contributed by atoms with E-state index >= 15 is 0 Å². The summed E-state index contributed by atoms with van der Waals surface area (Å²) in [7, 11) is 0. The molecule has 0 aromatic rings. The van der Waals surface area contributed by atoms with E-state index in [1.54, 1.807) is 6.92 Å². The molecular formula is C14H21N3O2. The Morgan fingerprint density at radius 3 is 1.74 bits per heavy atom. The summed E-state index contributed by atoms with van der Waals surface area (Å²) >= 11 is 0. The molecule has 0 aliphatic carbocycles. The van der Waals surface area contributed by atoms with Crippen LogP contribution in [0.2, 0.25) is 0 Å². The summed E-state index contributed by atoms with van der Waals surface area (Å²) in [6.45, 7) is 2.25. The van der Waals surface area contributed by atoms with Crippen molar-refractivity contribution in [3.63, 3.8) is 0 Å². The fourth-order valence-corrected chi connectivity index (χ4v) is 2.00. The molecule has 0 amide bonds. The summed E-state index contributed by atoms with van der Waals surface area (Å²) in [4.78, 5) is 0. The Labute approximate surface area is 115 Å². The quantitative estimate of drug-likeness (QED) is 0.651. The van der Waals surface area contributed by atoms with Crippen molar-refractivity contribution in [2.75, 3.05) is 13.2 Å². The lowest BCUT2D eigenvalue weighted by Gasteiger charge is -2.32. The molecule has 0 saturated heterocycles. The lowest BCUT2D eigenvalue weighted by Crippen LogP contribution is -2.29. The lowest BCUT2D eigenvalue weighted by atomic mass is 9.76. The van der Waals surface area contributed by atoms with Gasteiger partial charge in [-0.05, 0) is 31.6 Å². The minimum absolute atomic E-state index is 0.230. The van der Waals surface area contributed by atoms with Gasteiger partial charge in [-0.25, -0.2) is 0 Å². The standard InChI is InChI=1S/C14H21N3O2/c1-13(18)11-19-12-14(5-2-8-15,6-3-9-16)7-4-10-17/h13,18H,2-7,11-12H2,1H3. The van der Waals surface area contributed by atoms with Crippen LogP contribution in [0.5, 0.6) is 0 Å². The maximum Gasteiger partial charge on any atom is 0.0745 e. The first-order valence-electron chi connectivity index (χ1n) is 6.47. The molecule has 5 nitrogen and oxygen atoms in total. The van der Waals surface area contributed by atoms with Crippen molar-refractivity contribution in [3.8, 4) is 18.2 Å². The average molecular weight is 263 g/mol. The van der Waals surface area contributed by atoms with Gasteiger partial charge >= 0.3 is 0 Å². The van der Waals surface area contributed by atoms with E-state index in [0.29, 0.717) is 45.1 Å². The molecule has 1 atom stereocenters. The first-order chi connectivity index (χ1) is 9.10. The van der Waals surface area contributed by atoms with Gasteiger partial charge in [0.2, 0.25) is 0 Å². The van der Waals surface area contributed by atoms with Crippen molar-refractivity contribution in [2.45, 2.75) is 51.6 Å². The highest BCUT2D eigenvalue weighted by Crippen LogP contribution is 2.35. The van der Waals surface area contributed by atoms with E-state index in [1.807, 2.05) is 0 Å². The Hall–Kier alpha value is -1.61. The summed E-state index contributed by atoms with van der Waals surface area (Å²) in [6.07, 6.45) is 2.46. The Bertz CT molecular complexity index is 315. The molecule has 0 bridgehead atoms. The summed E-state index contributed by atoms with van der Waals surface area (Å²) in [5.74, 6) is 0. The molecule has 104 valence electrons.